The highest BCUT2D eigenvalue weighted by molar-refractivity contribution is 7.91. The zero-order valence-corrected chi connectivity index (χ0v) is 12.0. The van der Waals surface area contributed by atoms with E-state index in [2.05, 4.69) is 5.32 Å². The molecule has 0 aromatic heterocycles. The van der Waals surface area contributed by atoms with Crippen molar-refractivity contribution < 1.29 is 18.3 Å². The van der Waals surface area contributed by atoms with Crippen molar-refractivity contribution in [3.05, 3.63) is 29.8 Å². The van der Waals surface area contributed by atoms with E-state index in [4.69, 9.17) is 4.74 Å². The molecule has 2 unspecified atom stereocenters. The number of ether oxygens (including phenoxy) is 1. The standard InChI is InChI=1S/C14H19NO4S/c16-12-8-20(17,18)9-14(12)19-13-4-2-1-3-10(13)7-15-11-5-6-11/h1-4,11-12,14-16H,5-9H2. The molecule has 2 aliphatic rings. The molecule has 2 N–H and O–H groups in total. The summed E-state index contributed by atoms with van der Waals surface area (Å²) in [4.78, 5) is 0. The summed E-state index contributed by atoms with van der Waals surface area (Å²) in [5.74, 6) is 0.334. The van der Waals surface area contributed by atoms with Crippen molar-refractivity contribution in [2.24, 2.45) is 0 Å². The van der Waals surface area contributed by atoms with E-state index in [1.54, 1.807) is 0 Å². The molecule has 1 heterocycles. The van der Waals surface area contributed by atoms with E-state index in [0.29, 0.717) is 18.3 Å². The molecule has 2 fully saturated rings. The van der Waals surface area contributed by atoms with E-state index in [9.17, 15) is 13.5 Å². The van der Waals surface area contributed by atoms with E-state index in [-0.39, 0.29) is 11.5 Å². The van der Waals surface area contributed by atoms with Crippen LogP contribution in [0.4, 0.5) is 0 Å². The Balaban J connectivity index is 1.70. The third-order valence-corrected chi connectivity index (χ3v) is 5.37. The van der Waals surface area contributed by atoms with Crippen LogP contribution < -0.4 is 10.1 Å². The van der Waals surface area contributed by atoms with Crippen molar-refractivity contribution in [1.82, 2.24) is 5.32 Å². The van der Waals surface area contributed by atoms with Crippen molar-refractivity contribution in [3.63, 3.8) is 0 Å². The Morgan fingerprint density at radius 1 is 1.25 bits per heavy atom. The van der Waals surface area contributed by atoms with Crippen LogP contribution in [0, 0.1) is 0 Å². The first-order valence-corrected chi connectivity index (χ1v) is 8.72. The number of rotatable bonds is 5. The van der Waals surface area contributed by atoms with Crippen molar-refractivity contribution in [2.75, 3.05) is 11.5 Å². The lowest BCUT2D eigenvalue weighted by Crippen LogP contribution is -2.30. The zero-order chi connectivity index (χ0) is 14.2. The highest BCUT2D eigenvalue weighted by Crippen LogP contribution is 2.25. The van der Waals surface area contributed by atoms with Gasteiger partial charge in [0.1, 0.15) is 18.0 Å². The minimum Gasteiger partial charge on any atom is -0.486 e. The summed E-state index contributed by atoms with van der Waals surface area (Å²) in [5, 5.41) is 13.2. The van der Waals surface area contributed by atoms with Gasteiger partial charge in [0, 0.05) is 18.2 Å². The fourth-order valence-electron chi connectivity index (χ4n) is 2.38. The number of aliphatic hydroxyl groups excluding tert-OH is 1. The van der Waals surface area contributed by atoms with Crippen molar-refractivity contribution in [2.45, 2.75) is 37.6 Å². The Labute approximate surface area is 118 Å². The number of sulfone groups is 1. The summed E-state index contributed by atoms with van der Waals surface area (Å²) in [7, 11) is -3.18. The van der Waals surface area contributed by atoms with E-state index in [0.717, 1.165) is 5.56 Å². The summed E-state index contributed by atoms with van der Waals surface area (Å²) >= 11 is 0. The van der Waals surface area contributed by atoms with E-state index >= 15 is 0 Å². The summed E-state index contributed by atoms with van der Waals surface area (Å²) in [5.41, 5.74) is 0.996. The van der Waals surface area contributed by atoms with Gasteiger partial charge < -0.3 is 15.2 Å². The molecule has 1 saturated heterocycles. The predicted molar refractivity (Wildman–Crippen MR) is 75.4 cm³/mol. The number of benzene rings is 1. The maximum absolute atomic E-state index is 11.5. The second-order valence-electron chi connectivity index (χ2n) is 5.56. The van der Waals surface area contributed by atoms with Gasteiger partial charge in [-0.3, -0.25) is 0 Å². The normalized spacial score (nSPS) is 28.4. The Morgan fingerprint density at radius 2 is 2.00 bits per heavy atom. The summed E-state index contributed by atoms with van der Waals surface area (Å²) in [6.07, 6.45) is 0.817. The maximum Gasteiger partial charge on any atom is 0.156 e. The molecule has 1 aliphatic heterocycles. The molecule has 0 bridgehead atoms. The average molecular weight is 297 g/mol. The van der Waals surface area contributed by atoms with Crippen LogP contribution in [0.1, 0.15) is 18.4 Å². The highest BCUT2D eigenvalue weighted by Gasteiger charge is 2.38. The molecule has 6 heteroatoms. The molecule has 1 aromatic carbocycles. The number of para-hydroxylation sites is 1. The first-order valence-electron chi connectivity index (χ1n) is 6.90. The Kier molecular flexibility index (Phi) is 3.70. The van der Waals surface area contributed by atoms with Gasteiger partial charge >= 0.3 is 0 Å². The molecule has 1 aromatic rings. The van der Waals surface area contributed by atoms with Crippen molar-refractivity contribution in [1.29, 1.82) is 0 Å². The molecule has 5 nitrogen and oxygen atoms in total. The van der Waals surface area contributed by atoms with Gasteiger partial charge in [-0.2, -0.15) is 0 Å². The van der Waals surface area contributed by atoms with E-state index in [1.807, 2.05) is 24.3 Å². The lowest BCUT2D eigenvalue weighted by atomic mass is 10.2. The lowest BCUT2D eigenvalue weighted by molar-refractivity contribution is 0.0730. The third kappa shape index (κ3) is 3.31. The molecule has 0 radical (unpaired) electrons. The second kappa shape index (κ2) is 5.35. The quantitative estimate of drug-likeness (QED) is 0.826. The Bertz CT molecular complexity index is 583. The largest absolute Gasteiger partial charge is 0.486 e. The van der Waals surface area contributed by atoms with Gasteiger partial charge in [-0.25, -0.2) is 8.42 Å². The molecular weight excluding hydrogens is 278 g/mol. The summed E-state index contributed by atoms with van der Waals surface area (Å²) in [6.45, 7) is 0.705. The smallest absolute Gasteiger partial charge is 0.156 e. The fourth-order valence-corrected chi connectivity index (χ4v) is 4.04. The van der Waals surface area contributed by atoms with Crippen LogP contribution in [0.3, 0.4) is 0 Å². The Hall–Kier alpha value is -1.11. The third-order valence-electron chi connectivity index (χ3n) is 3.68. The summed E-state index contributed by atoms with van der Waals surface area (Å²) < 4.78 is 28.7. The lowest BCUT2D eigenvalue weighted by Gasteiger charge is -2.18. The fraction of sp³-hybridized carbons (Fsp3) is 0.571. The summed E-state index contributed by atoms with van der Waals surface area (Å²) in [6, 6.07) is 8.16. The van der Waals surface area contributed by atoms with Gasteiger partial charge in [0.15, 0.2) is 9.84 Å². The van der Waals surface area contributed by atoms with Crippen molar-refractivity contribution >= 4 is 9.84 Å². The number of hydrogen-bond acceptors (Lipinski definition) is 5. The first kappa shape index (κ1) is 13.9. The zero-order valence-electron chi connectivity index (χ0n) is 11.2. The topological polar surface area (TPSA) is 75.6 Å². The van der Waals surface area contributed by atoms with Crippen LogP contribution in [-0.2, 0) is 16.4 Å². The van der Waals surface area contributed by atoms with Crippen LogP contribution in [-0.4, -0.2) is 43.3 Å². The Morgan fingerprint density at radius 3 is 2.65 bits per heavy atom. The molecule has 1 saturated carbocycles. The van der Waals surface area contributed by atoms with E-state index < -0.39 is 22.0 Å². The molecule has 1 aliphatic carbocycles. The first-order chi connectivity index (χ1) is 9.53. The molecule has 0 amide bonds. The van der Waals surface area contributed by atoms with E-state index in [1.165, 1.54) is 12.8 Å². The molecule has 110 valence electrons. The van der Waals surface area contributed by atoms with Crippen LogP contribution in [0.2, 0.25) is 0 Å². The number of aliphatic hydroxyl groups is 1. The number of nitrogens with one attached hydrogen (secondary N) is 1. The maximum atomic E-state index is 11.5. The molecule has 3 rings (SSSR count). The minimum atomic E-state index is -3.18. The van der Waals surface area contributed by atoms with Gasteiger partial charge in [0.25, 0.3) is 0 Å². The number of hydrogen-bond donors (Lipinski definition) is 2. The predicted octanol–water partition coefficient (Wildman–Crippen LogP) is 0.475. The SMILES string of the molecule is O=S1(=O)CC(O)C(Oc2ccccc2CNC2CC2)C1. The van der Waals surface area contributed by atoms with Gasteiger partial charge in [0.05, 0.1) is 11.5 Å². The monoisotopic (exact) mass is 297 g/mol. The van der Waals surface area contributed by atoms with Crippen LogP contribution in [0.15, 0.2) is 24.3 Å². The van der Waals surface area contributed by atoms with Gasteiger partial charge in [-0.15, -0.1) is 0 Å². The minimum absolute atomic E-state index is 0.113. The molecule has 20 heavy (non-hydrogen) atoms. The average Bonchev–Trinajstić information content (AvgIpc) is 3.16. The molecule has 2 atom stereocenters. The van der Waals surface area contributed by atoms with Crippen molar-refractivity contribution in [3.8, 4) is 5.75 Å². The van der Waals surface area contributed by atoms with Gasteiger partial charge in [0.2, 0.25) is 0 Å². The highest BCUT2D eigenvalue weighted by atomic mass is 32.2. The van der Waals surface area contributed by atoms with Crippen LogP contribution in [0.5, 0.6) is 5.75 Å². The second-order valence-corrected chi connectivity index (χ2v) is 7.72. The molecular formula is C14H19NO4S. The van der Waals surface area contributed by atoms with Gasteiger partial charge in [-0.1, -0.05) is 18.2 Å². The van der Waals surface area contributed by atoms with Gasteiger partial charge in [-0.05, 0) is 18.9 Å². The van der Waals surface area contributed by atoms with Crippen LogP contribution >= 0.6 is 0 Å². The van der Waals surface area contributed by atoms with Crippen LogP contribution in [0.25, 0.3) is 0 Å². The molecule has 0 spiro atoms.